The van der Waals surface area contributed by atoms with Crippen molar-refractivity contribution in [1.82, 2.24) is 14.9 Å². The molecule has 26 heavy (non-hydrogen) atoms. The van der Waals surface area contributed by atoms with E-state index in [9.17, 15) is 4.79 Å². The molecule has 3 atom stereocenters. The summed E-state index contributed by atoms with van der Waals surface area (Å²) in [6, 6.07) is 7.67. The molecule has 1 saturated heterocycles. The van der Waals surface area contributed by atoms with Crippen molar-refractivity contribution in [1.29, 1.82) is 0 Å². The summed E-state index contributed by atoms with van der Waals surface area (Å²) < 4.78 is 6.61. The number of hydrogen-bond donors (Lipinski definition) is 0. The van der Waals surface area contributed by atoms with Crippen molar-refractivity contribution in [3.63, 3.8) is 0 Å². The number of aromatic nitrogens is 2. The van der Waals surface area contributed by atoms with Crippen LogP contribution in [0.5, 0.6) is 0 Å². The van der Waals surface area contributed by atoms with Gasteiger partial charge in [0.25, 0.3) is 5.91 Å². The van der Waals surface area contributed by atoms with Gasteiger partial charge in [0, 0.05) is 6.54 Å². The summed E-state index contributed by atoms with van der Waals surface area (Å²) in [7, 11) is 0. The molecule has 1 aromatic carbocycles. The minimum Gasteiger partial charge on any atom is -0.365 e. The number of rotatable bonds is 1. The average Bonchev–Trinajstić information content (AvgIpc) is 3.20. The molecule has 1 amide bonds. The van der Waals surface area contributed by atoms with Crippen molar-refractivity contribution in [2.75, 3.05) is 13.1 Å². The summed E-state index contributed by atoms with van der Waals surface area (Å²) in [5.74, 6) is 1.33. The summed E-state index contributed by atoms with van der Waals surface area (Å²) >= 11 is 0. The van der Waals surface area contributed by atoms with Gasteiger partial charge in [0.05, 0.1) is 35.0 Å². The highest BCUT2D eigenvalue weighted by Crippen LogP contribution is 2.55. The third-order valence-electron chi connectivity index (χ3n) is 6.38. The van der Waals surface area contributed by atoms with Gasteiger partial charge in [0.1, 0.15) is 5.69 Å². The summed E-state index contributed by atoms with van der Waals surface area (Å²) in [4.78, 5) is 24.2. The molecule has 5 rings (SSSR count). The van der Waals surface area contributed by atoms with Gasteiger partial charge < -0.3 is 9.64 Å². The Labute approximate surface area is 153 Å². The van der Waals surface area contributed by atoms with Crippen LogP contribution in [0.4, 0.5) is 0 Å². The van der Waals surface area contributed by atoms with Crippen LogP contribution in [0.1, 0.15) is 50.0 Å². The number of carbonyl (C=O) groups excluding carboxylic acids is 1. The SMILES string of the molecule is CC1(C)CN(C(=O)c2cnc3ccccc3n2)C[C@]2(C[C@@H]3CC[C@H]2C3)O1. The fourth-order valence-corrected chi connectivity index (χ4v) is 5.53. The zero-order valence-electron chi connectivity index (χ0n) is 15.4. The predicted molar refractivity (Wildman–Crippen MR) is 98.8 cm³/mol. The molecule has 5 nitrogen and oxygen atoms in total. The number of ether oxygens (including phenoxy) is 1. The standard InChI is InChI=1S/C21H25N3O2/c1-20(2)12-24(13-21(26-20)10-14-7-8-15(21)9-14)19(25)18-11-22-16-5-3-4-6-17(16)23-18/h3-6,11,14-15H,7-10,12-13H2,1-2H3/t14-,15+,21+/m1/s1. The number of amides is 1. The summed E-state index contributed by atoms with van der Waals surface area (Å²) in [5.41, 5.74) is 1.52. The van der Waals surface area contributed by atoms with Gasteiger partial charge in [-0.15, -0.1) is 0 Å². The number of fused-ring (bicyclic) bond motifs is 4. The maximum atomic E-state index is 13.2. The molecular formula is C21H25N3O2. The lowest BCUT2D eigenvalue weighted by Crippen LogP contribution is -2.62. The fourth-order valence-electron chi connectivity index (χ4n) is 5.53. The van der Waals surface area contributed by atoms with E-state index in [1.807, 2.05) is 29.2 Å². The van der Waals surface area contributed by atoms with Crippen molar-refractivity contribution in [2.45, 2.75) is 50.7 Å². The number of benzene rings is 1. The highest BCUT2D eigenvalue weighted by atomic mass is 16.5. The maximum Gasteiger partial charge on any atom is 0.274 e. The van der Waals surface area contributed by atoms with Crippen molar-refractivity contribution in [2.24, 2.45) is 11.8 Å². The van der Waals surface area contributed by atoms with E-state index in [0.717, 1.165) is 23.4 Å². The van der Waals surface area contributed by atoms with E-state index in [2.05, 4.69) is 23.8 Å². The summed E-state index contributed by atoms with van der Waals surface area (Å²) in [6.07, 6.45) is 6.52. The zero-order chi connectivity index (χ0) is 17.9. The second kappa shape index (κ2) is 5.49. The molecule has 2 heterocycles. The van der Waals surface area contributed by atoms with Crippen molar-refractivity contribution < 1.29 is 9.53 Å². The third-order valence-corrected chi connectivity index (χ3v) is 6.38. The first-order chi connectivity index (χ1) is 12.4. The molecule has 2 bridgehead atoms. The van der Waals surface area contributed by atoms with E-state index >= 15 is 0 Å². The van der Waals surface area contributed by atoms with Crippen LogP contribution < -0.4 is 0 Å². The fraction of sp³-hybridized carbons (Fsp3) is 0.571. The molecule has 0 unspecified atom stereocenters. The largest absolute Gasteiger partial charge is 0.365 e. The molecule has 1 spiro atoms. The van der Waals surface area contributed by atoms with E-state index in [1.54, 1.807) is 6.20 Å². The zero-order valence-corrected chi connectivity index (χ0v) is 15.4. The van der Waals surface area contributed by atoms with Gasteiger partial charge >= 0.3 is 0 Å². The van der Waals surface area contributed by atoms with Crippen LogP contribution in [0.3, 0.4) is 0 Å². The van der Waals surface area contributed by atoms with E-state index in [-0.39, 0.29) is 17.1 Å². The van der Waals surface area contributed by atoms with Gasteiger partial charge in [-0.05, 0) is 63.5 Å². The molecule has 2 aliphatic carbocycles. The molecular weight excluding hydrogens is 326 g/mol. The first kappa shape index (κ1) is 16.2. The molecule has 3 aliphatic rings. The van der Waals surface area contributed by atoms with Crippen LogP contribution in [-0.4, -0.2) is 45.1 Å². The Morgan fingerprint density at radius 2 is 2.00 bits per heavy atom. The second-order valence-corrected chi connectivity index (χ2v) is 8.91. The van der Waals surface area contributed by atoms with Gasteiger partial charge in [0.15, 0.2) is 0 Å². The maximum absolute atomic E-state index is 13.2. The quantitative estimate of drug-likeness (QED) is 0.790. The van der Waals surface area contributed by atoms with E-state index in [4.69, 9.17) is 4.74 Å². The van der Waals surface area contributed by atoms with E-state index in [1.165, 1.54) is 19.3 Å². The minimum absolute atomic E-state index is 0.0261. The van der Waals surface area contributed by atoms with Crippen LogP contribution >= 0.6 is 0 Å². The van der Waals surface area contributed by atoms with Crippen LogP contribution in [0.2, 0.25) is 0 Å². The number of nitrogens with zero attached hydrogens (tertiary/aromatic N) is 3. The number of para-hydroxylation sites is 2. The predicted octanol–water partition coefficient (Wildman–Crippen LogP) is 3.44. The third kappa shape index (κ3) is 2.52. The summed E-state index contributed by atoms with van der Waals surface area (Å²) in [5, 5.41) is 0. The van der Waals surface area contributed by atoms with Crippen molar-refractivity contribution in [3.05, 3.63) is 36.2 Å². The Balaban J connectivity index is 1.46. The molecule has 0 N–H and O–H groups in total. The second-order valence-electron chi connectivity index (χ2n) is 8.91. The molecule has 0 radical (unpaired) electrons. The van der Waals surface area contributed by atoms with Gasteiger partial charge in [-0.3, -0.25) is 9.78 Å². The van der Waals surface area contributed by atoms with E-state index in [0.29, 0.717) is 24.7 Å². The van der Waals surface area contributed by atoms with Crippen LogP contribution in [-0.2, 0) is 4.74 Å². The van der Waals surface area contributed by atoms with Crippen LogP contribution in [0.15, 0.2) is 30.5 Å². The van der Waals surface area contributed by atoms with Crippen LogP contribution in [0, 0.1) is 11.8 Å². The molecule has 1 aliphatic heterocycles. The topological polar surface area (TPSA) is 55.3 Å². The van der Waals surface area contributed by atoms with Crippen LogP contribution in [0.25, 0.3) is 11.0 Å². The van der Waals surface area contributed by atoms with E-state index < -0.39 is 0 Å². The Morgan fingerprint density at radius 3 is 2.73 bits per heavy atom. The highest BCUT2D eigenvalue weighted by Gasteiger charge is 2.57. The molecule has 136 valence electrons. The molecule has 5 heteroatoms. The Morgan fingerprint density at radius 1 is 1.19 bits per heavy atom. The molecule has 2 saturated carbocycles. The smallest absolute Gasteiger partial charge is 0.274 e. The molecule has 1 aromatic heterocycles. The lowest BCUT2D eigenvalue weighted by atomic mass is 9.81. The van der Waals surface area contributed by atoms with Crippen molar-refractivity contribution in [3.8, 4) is 0 Å². The highest BCUT2D eigenvalue weighted by molar-refractivity contribution is 5.94. The average molecular weight is 351 g/mol. The van der Waals surface area contributed by atoms with Gasteiger partial charge in [-0.25, -0.2) is 4.98 Å². The lowest BCUT2D eigenvalue weighted by Gasteiger charge is -2.52. The summed E-state index contributed by atoms with van der Waals surface area (Å²) in [6.45, 7) is 5.49. The molecule has 3 fully saturated rings. The Kier molecular flexibility index (Phi) is 3.42. The van der Waals surface area contributed by atoms with Gasteiger partial charge in [-0.2, -0.15) is 0 Å². The Bertz CT molecular complexity index is 880. The lowest BCUT2D eigenvalue weighted by molar-refractivity contribution is -0.208. The normalized spacial score (nSPS) is 32.5. The first-order valence-electron chi connectivity index (χ1n) is 9.65. The van der Waals surface area contributed by atoms with Gasteiger partial charge in [0.2, 0.25) is 0 Å². The monoisotopic (exact) mass is 351 g/mol. The number of hydrogen-bond acceptors (Lipinski definition) is 4. The van der Waals surface area contributed by atoms with Crippen molar-refractivity contribution >= 4 is 16.9 Å². The number of morpholine rings is 1. The van der Waals surface area contributed by atoms with Gasteiger partial charge in [-0.1, -0.05) is 12.1 Å². The first-order valence-corrected chi connectivity index (χ1v) is 9.65. The Hall–Kier alpha value is -2.01. The molecule has 2 aromatic rings. The minimum atomic E-state index is -0.331. The number of carbonyl (C=O) groups is 1.